The van der Waals surface area contributed by atoms with Gasteiger partial charge >= 0.3 is 0 Å². The van der Waals surface area contributed by atoms with Crippen LogP contribution in [0, 0.1) is 34.6 Å². The van der Waals surface area contributed by atoms with Gasteiger partial charge in [0.05, 0.1) is 65.0 Å². The molecule has 10 aromatic carbocycles. The lowest BCUT2D eigenvalue weighted by Gasteiger charge is -2.42. The number of hydrogen-bond acceptors (Lipinski definition) is 5. The zero-order chi connectivity index (χ0) is 83.6. The second-order valence-corrected chi connectivity index (χ2v) is 36.6. The molecule has 0 amide bonds. The molecular formula is C116H93N9+4. The van der Waals surface area contributed by atoms with Gasteiger partial charge in [0.15, 0.2) is 24.3 Å². The molecule has 32 rings (SSSR count). The van der Waals surface area contributed by atoms with Crippen molar-refractivity contribution in [1.82, 2.24) is 24.9 Å². The summed E-state index contributed by atoms with van der Waals surface area (Å²) < 4.78 is 9.05. The standard InChI is InChI=1S/C30H24N.C29H24N3.C29H23N2.C28H22N3/c1-18-14-24-27(17-23(18)28-12-5-6-13-31(28)2)30-22-11-4-3-10-21(22)29(24)25-15-19-8-7-9-20(19)16-26(25)30;1-16-7-4-5-10-20(16)29-26-23(17(2)15-32(29)3)24-21-13-18-8-6-9-19(18)14-22(21)25(26)28-27(24)30-11-12-31-28;1-17-8-3-4-11-20(17)29-27-25-21-12-5-6-13-22(21)26(28(27)30-16-31(29)2)24-15-19-10-7-9-18(19)14-23(24)25;1-16-6-3-4-9-19(16)28-25-20(10-13-31(28)2)23-21-14-17-7-5-8-18(17)15-22(21)24(25)27-26(23)29-11-12-30-27/h3-6,8-17,29-30H,7H2,1-2H3;4-5,7-15,24-25H,6H2,1-3H3;3-6,8-16,25-26H,7H2,1-2H3;3-4,6-15,23-24H,5H2,1-2H3/q4*+1. The van der Waals surface area contributed by atoms with Crippen LogP contribution in [0.2, 0.25) is 0 Å². The highest BCUT2D eigenvalue weighted by Gasteiger charge is 2.52. The Bertz CT molecular complexity index is 7850. The average Bonchev–Trinajstić information content (AvgIpc) is 1.31. The third-order valence-electron chi connectivity index (χ3n) is 29.9. The van der Waals surface area contributed by atoms with E-state index in [1.165, 1.54) is 226 Å². The molecule has 6 heterocycles. The molecule has 9 heteroatoms. The normalized spacial score (nSPS) is 19.0. The van der Waals surface area contributed by atoms with Crippen LogP contribution in [-0.2, 0) is 28.2 Å². The van der Waals surface area contributed by atoms with Crippen LogP contribution in [0.1, 0.15) is 235 Å². The van der Waals surface area contributed by atoms with E-state index < -0.39 is 0 Å². The number of nitrogens with zero attached hydrogens (tertiary/aromatic N) is 9. The highest BCUT2D eigenvalue weighted by Crippen LogP contribution is 2.61. The topological polar surface area (TPSA) is 80.0 Å². The largest absolute Gasteiger partial charge is 0.286 e. The molecule has 16 aliphatic carbocycles. The van der Waals surface area contributed by atoms with Gasteiger partial charge in [-0.05, 0) is 238 Å². The summed E-state index contributed by atoms with van der Waals surface area (Å²) >= 11 is 0. The third-order valence-corrected chi connectivity index (χ3v) is 29.9. The molecule has 16 aromatic rings. The summed E-state index contributed by atoms with van der Waals surface area (Å²) in [6, 6.07) is 77.6. The number of aryl methyl sites for hydroxylation is 9. The molecule has 9 nitrogen and oxygen atoms in total. The summed E-state index contributed by atoms with van der Waals surface area (Å²) in [5.74, 6) is 1.57. The maximum Gasteiger partial charge on any atom is 0.286 e. The molecule has 0 fully saturated rings. The molecule has 16 aliphatic rings. The number of rotatable bonds is 4. The first-order chi connectivity index (χ1) is 61.3. The molecule has 8 atom stereocenters. The minimum absolute atomic E-state index is 0.105. The maximum atomic E-state index is 5.05. The van der Waals surface area contributed by atoms with Crippen LogP contribution in [0.25, 0.3) is 93.6 Å². The number of fused-ring (bicyclic) bond motifs is 4. The van der Waals surface area contributed by atoms with Gasteiger partial charge in [-0.1, -0.05) is 217 Å². The summed E-state index contributed by atoms with van der Waals surface area (Å²) in [4.78, 5) is 24.6. The second-order valence-electron chi connectivity index (χ2n) is 36.6. The van der Waals surface area contributed by atoms with Gasteiger partial charge in [0.25, 0.3) is 6.33 Å². The lowest BCUT2D eigenvalue weighted by Crippen LogP contribution is -2.40. The zero-order valence-electron chi connectivity index (χ0n) is 71.8. The van der Waals surface area contributed by atoms with E-state index in [-0.39, 0.29) is 35.5 Å². The van der Waals surface area contributed by atoms with Gasteiger partial charge in [0.1, 0.15) is 26.8 Å². The Labute approximate surface area is 727 Å². The number of hydrogen-bond donors (Lipinski definition) is 0. The maximum absolute atomic E-state index is 5.05. The van der Waals surface area contributed by atoms with Gasteiger partial charge in [0.2, 0.25) is 17.1 Å². The van der Waals surface area contributed by atoms with Crippen LogP contribution < -0.4 is 60.0 Å². The van der Waals surface area contributed by atoms with Crippen molar-refractivity contribution in [2.45, 2.75) is 108 Å². The highest BCUT2D eigenvalue weighted by atomic mass is 15.0. The monoisotopic (exact) mass is 1610 g/mol. The number of benzene rings is 10. The Morgan fingerprint density at radius 3 is 1.05 bits per heavy atom. The van der Waals surface area contributed by atoms with Crippen molar-refractivity contribution in [3.8, 4) is 45.0 Å². The van der Waals surface area contributed by atoms with Crippen molar-refractivity contribution >= 4 is 48.6 Å². The average molecular weight is 1610 g/mol. The second kappa shape index (κ2) is 27.9. The van der Waals surface area contributed by atoms with E-state index in [1.807, 2.05) is 31.1 Å². The van der Waals surface area contributed by atoms with E-state index in [1.54, 1.807) is 0 Å². The molecule has 598 valence electrons. The highest BCUT2D eigenvalue weighted by molar-refractivity contribution is 5.81. The number of aromatic nitrogens is 9. The van der Waals surface area contributed by atoms with E-state index in [4.69, 9.17) is 24.9 Å². The summed E-state index contributed by atoms with van der Waals surface area (Å²) in [6.07, 6.45) is 39.0. The fourth-order valence-electron chi connectivity index (χ4n) is 24.6. The van der Waals surface area contributed by atoms with Gasteiger partial charge in [-0.3, -0.25) is 19.9 Å². The van der Waals surface area contributed by atoms with E-state index in [2.05, 4.69) is 355 Å². The lowest BCUT2D eigenvalue weighted by atomic mass is 9.60. The van der Waals surface area contributed by atoms with Crippen LogP contribution in [0.4, 0.5) is 0 Å². The van der Waals surface area contributed by atoms with Gasteiger partial charge in [-0.25, -0.2) is 18.3 Å². The predicted molar refractivity (Wildman–Crippen MR) is 495 cm³/mol. The quantitative estimate of drug-likeness (QED) is 0.164. The Balaban J connectivity index is 0.0000000911. The van der Waals surface area contributed by atoms with E-state index in [9.17, 15) is 0 Å². The van der Waals surface area contributed by atoms with Crippen LogP contribution in [0.5, 0.6) is 0 Å². The van der Waals surface area contributed by atoms with Crippen molar-refractivity contribution in [2.75, 3.05) is 0 Å². The molecular weight excluding hydrogens is 1520 g/mol. The van der Waals surface area contributed by atoms with E-state index in [0.29, 0.717) is 11.8 Å². The van der Waals surface area contributed by atoms with E-state index >= 15 is 0 Å². The van der Waals surface area contributed by atoms with Gasteiger partial charge in [-0.2, -0.15) is 0 Å². The minimum Gasteiger partial charge on any atom is -0.257 e. The van der Waals surface area contributed by atoms with Crippen LogP contribution >= 0.6 is 0 Å². The molecule has 0 spiro atoms. The van der Waals surface area contributed by atoms with Crippen molar-refractivity contribution in [2.24, 2.45) is 28.2 Å². The summed E-state index contributed by atoms with van der Waals surface area (Å²) in [5.41, 5.74) is 50.1. The first kappa shape index (κ1) is 73.6. The molecule has 0 aliphatic heterocycles. The molecule has 125 heavy (non-hydrogen) atoms. The minimum atomic E-state index is 0.105. The SMILES string of the molecule is Cc1cc2c(cc1-c1cccc[n+]1C)C1c3ccccc3C2c2cc3c(cc21)=CCC=3.Cc1ccccc1-c1c2c(c(C)c[n+]1C)C1c3cc4c(cc3C2c2nccnc21)=CCC=4.Cc1ccccc1-c1c2c(cc[n+]1C)C1c3cc4c(cc3C2c2nccnc21)=CCC=4.Cc1ccccc1-c1c2c(nc[n+]1C)C1c3ccccc3C2c2cc3c(cc21)=CCC=3. The molecule has 0 saturated heterocycles. The van der Waals surface area contributed by atoms with Gasteiger partial charge in [-0.15, -0.1) is 0 Å². The fraction of sp³-hybridized carbons (Fsp3) is 0.181. The Kier molecular flexibility index (Phi) is 16.4. The van der Waals surface area contributed by atoms with Crippen molar-refractivity contribution in [3.05, 3.63) is 460 Å². The van der Waals surface area contributed by atoms with Crippen LogP contribution in [0.3, 0.4) is 0 Å². The molecule has 0 N–H and O–H groups in total. The summed E-state index contributed by atoms with van der Waals surface area (Å²) in [7, 11) is 8.62. The Morgan fingerprint density at radius 2 is 0.584 bits per heavy atom. The zero-order valence-corrected chi connectivity index (χ0v) is 71.8. The molecule has 0 saturated carbocycles. The van der Waals surface area contributed by atoms with Gasteiger partial charge < -0.3 is 0 Å². The smallest absolute Gasteiger partial charge is 0.257 e. The predicted octanol–water partition coefficient (Wildman–Crippen LogP) is 15.0. The van der Waals surface area contributed by atoms with Crippen molar-refractivity contribution < 1.29 is 18.3 Å². The molecule has 8 unspecified atom stereocenters. The van der Waals surface area contributed by atoms with E-state index in [0.717, 1.165) is 48.5 Å². The molecule has 6 aromatic heterocycles. The first-order valence-electron chi connectivity index (χ1n) is 44.7. The summed E-state index contributed by atoms with van der Waals surface area (Å²) in [5, 5.41) is 11.0. The first-order valence-corrected chi connectivity index (χ1v) is 44.7. The third kappa shape index (κ3) is 10.8. The van der Waals surface area contributed by atoms with Crippen LogP contribution in [0.15, 0.2) is 256 Å². The summed E-state index contributed by atoms with van der Waals surface area (Å²) in [6.45, 7) is 11.1. The van der Waals surface area contributed by atoms with Crippen molar-refractivity contribution in [3.63, 3.8) is 0 Å². The van der Waals surface area contributed by atoms with Gasteiger partial charge in [0, 0.05) is 99.7 Å². The number of pyridine rings is 3. The molecule has 8 bridgehead atoms. The Hall–Kier alpha value is -14.2. The Morgan fingerprint density at radius 1 is 0.232 bits per heavy atom. The lowest BCUT2D eigenvalue weighted by molar-refractivity contribution is -0.664. The molecule has 0 radical (unpaired) electrons. The van der Waals surface area contributed by atoms with Crippen LogP contribution in [-0.4, -0.2) is 24.9 Å². The van der Waals surface area contributed by atoms with Crippen molar-refractivity contribution in [1.29, 1.82) is 0 Å². The fourth-order valence-corrected chi connectivity index (χ4v) is 24.6.